The SMILES string of the molecule is O=[N+]([O-])c1cc(F)c(Br)cc1N1CCCC(F)(F)C1. The van der Waals surface area contributed by atoms with E-state index in [9.17, 15) is 23.3 Å². The van der Waals surface area contributed by atoms with E-state index in [1.165, 1.54) is 11.0 Å². The van der Waals surface area contributed by atoms with E-state index in [2.05, 4.69) is 15.9 Å². The van der Waals surface area contributed by atoms with E-state index < -0.39 is 28.9 Å². The molecule has 1 aromatic rings. The molecule has 4 nitrogen and oxygen atoms in total. The fourth-order valence-corrected chi connectivity index (χ4v) is 2.43. The summed E-state index contributed by atoms with van der Waals surface area (Å²) < 4.78 is 40.0. The summed E-state index contributed by atoms with van der Waals surface area (Å²) in [6, 6.07) is 1.92. The molecule has 0 radical (unpaired) electrons. The van der Waals surface area contributed by atoms with Crippen molar-refractivity contribution in [1.29, 1.82) is 0 Å². The smallest absolute Gasteiger partial charge is 0.295 e. The van der Waals surface area contributed by atoms with Gasteiger partial charge in [-0.3, -0.25) is 10.1 Å². The minimum absolute atomic E-state index is 0.0117. The van der Waals surface area contributed by atoms with Gasteiger partial charge in [0.25, 0.3) is 11.6 Å². The van der Waals surface area contributed by atoms with Crippen LogP contribution in [0.4, 0.5) is 24.5 Å². The molecule has 8 heteroatoms. The first-order valence-electron chi connectivity index (χ1n) is 5.56. The average Bonchev–Trinajstić information content (AvgIpc) is 2.30. The molecule has 0 saturated carbocycles. The van der Waals surface area contributed by atoms with Crippen LogP contribution in [0.15, 0.2) is 16.6 Å². The number of nitrogens with zero attached hydrogens (tertiary/aromatic N) is 2. The molecule has 0 bridgehead atoms. The molecule has 1 aliphatic heterocycles. The largest absolute Gasteiger partial charge is 0.360 e. The molecule has 0 amide bonds. The second kappa shape index (κ2) is 4.99. The number of hydrogen-bond donors (Lipinski definition) is 0. The molecule has 1 heterocycles. The van der Waals surface area contributed by atoms with Gasteiger partial charge in [-0.15, -0.1) is 0 Å². The summed E-state index contributed by atoms with van der Waals surface area (Å²) in [4.78, 5) is 11.4. The maximum Gasteiger partial charge on any atom is 0.295 e. The molecule has 2 rings (SSSR count). The molecule has 0 aliphatic carbocycles. The first kappa shape index (κ1) is 14.1. The minimum Gasteiger partial charge on any atom is -0.360 e. The van der Waals surface area contributed by atoms with Crippen LogP contribution >= 0.6 is 15.9 Å². The number of hydrogen-bond acceptors (Lipinski definition) is 3. The van der Waals surface area contributed by atoms with E-state index in [0.717, 1.165) is 6.07 Å². The van der Waals surface area contributed by atoms with Crippen LogP contribution in [0, 0.1) is 15.9 Å². The van der Waals surface area contributed by atoms with Crippen LogP contribution < -0.4 is 4.90 Å². The molecule has 1 aliphatic rings. The highest BCUT2D eigenvalue weighted by Crippen LogP contribution is 2.37. The summed E-state index contributed by atoms with van der Waals surface area (Å²) in [5, 5.41) is 10.9. The standard InChI is InChI=1S/C11H10BrF3N2O2/c12-7-4-9(10(17(18)19)5-8(7)13)16-3-1-2-11(14,15)6-16/h4-5H,1-3,6H2. The summed E-state index contributed by atoms with van der Waals surface area (Å²) in [5.74, 6) is -3.67. The molecule has 104 valence electrons. The summed E-state index contributed by atoms with van der Waals surface area (Å²) >= 11 is 2.91. The van der Waals surface area contributed by atoms with E-state index >= 15 is 0 Å². The van der Waals surface area contributed by atoms with E-state index in [0.29, 0.717) is 0 Å². The minimum atomic E-state index is -2.88. The van der Waals surface area contributed by atoms with E-state index in [1.807, 2.05) is 0 Å². The topological polar surface area (TPSA) is 46.4 Å². The summed E-state index contributed by atoms with van der Waals surface area (Å²) in [5.41, 5.74) is -0.490. The Morgan fingerprint density at radius 2 is 2.11 bits per heavy atom. The van der Waals surface area contributed by atoms with Gasteiger partial charge in [-0.25, -0.2) is 13.2 Å². The highest BCUT2D eigenvalue weighted by Gasteiger charge is 2.37. The van der Waals surface area contributed by atoms with Crippen molar-refractivity contribution in [3.8, 4) is 0 Å². The van der Waals surface area contributed by atoms with Crippen LogP contribution in [-0.4, -0.2) is 23.9 Å². The number of benzene rings is 1. The second-order valence-corrected chi connectivity index (χ2v) is 5.25. The van der Waals surface area contributed by atoms with Crippen molar-refractivity contribution in [1.82, 2.24) is 0 Å². The molecule has 0 spiro atoms. The lowest BCUT2D eigenvalue weighted by Gasteiger charge is -2.33. The van der Waals surface area contributed by atoms with Gasteiger partial charge in [0.15, 0.2) is 0 Å². The second-order valence-electron chi connectivity index (χ2n) is 4.39. The van der Waals surface area contributed by atoms with Crippen molar-refractivity contribution in [3.63, 3.8) is 0 Å². The third kappa shape index (κ3) is 2.99. The molecule has 1 fully saturated rings. The molecule has 0 aromatic heterocycles. The highest BCUT2D eigenvalue weighted by molar-refractivity contribution is 9.10. The Bertz CT molecular complexity index is 525. The quantitative estimate of drug-likeness (QED) is 0.609. The van der Waals surface area contributed by atoms with Gasteiger partial charge in [0.05, 0.1) is 22.0 Å². The molecular formula is C11H10BrF3N2O2. The first-order chi connectivity index (χ1) is 8.80. The van der Waals surface area contributed by atoms with Crippen molar-refractivity contribution >= 4 is 27.3 Å². The predicted molar refractivity (Wildman–Crippen MR) is 67.1 cm³/mol. The van der Waals surface area contributed by atoms with E-state index in [4.69, 9.17) is 0 Å². The van der Waals surface area contributed by atoms with Crippen LogP contribution in [0.5, 0.6) is 0 Å². The van der Waals surface area contributed by atoms with E-state index in [1.54, 1.807) is 0 Å². The third-order valence-electron chi connectivity index (χ3n) is 2.95. The summed E-state index contributed by atoms with van der Waals surface area (Å²) in [6.07, 6.45) is -0.00118. The predicted octanol–water partition coefficient (Wildman–Crippen LogP) is 3.73. The van der Waals surface area contributed by atoms with Gasteiger partial charge in [0.1, 0.15) is 11.5 Å². The zero-order valence-electron chi connectivity index (χ0n) is 9.71. The van der Waals surface area contributed by atoms with E-state index in [-0.39, 0.29) is 29.5 Å². The lowest BCUT2D eigenvalue weighted by atomic mass is 10.1. The zero-order chi connectivity index (χ0) is 14.2. The van der Waals surface area contributed by atoms with Gasteiger partial charge in [-0.2, -0.15) is 0 Å². The molecule has 1 saturated heterocycles. The van der Waals surface area contributed by atoms with Gasteiger partial charge in [0, 0.05) is 13.0 Å². The Morgan fingerprint density at radius 3 is 2.68 bits per heavy atom. The molecule has 0 atom stereocenters. The van der Waals surface area contributed by atoms with Crippen molar-refractivity contribution in [3.05, 3.63) is 32.5 Å². The van der Waals surface area contributed by atoms with Crippen molar-refractivity contribution < 1.29 is 18.1 Å². The Morgan fingerprint density at radius 1 is 1.42 bits per heavy atom. The number of anilines is 1. The van der Waals surface area contributed by atoms with Gasteiger partial charge < -0.3 is 4.90 Å². The van der Waals surface area contributed by atoms with Crippen molar-refractivity contribution in [2.24, 2.45) is 0 Å². The van der Waals surface area contributed by atoms with Crippen LogP contribution in [0.2, 0.25) is 0 Å². The van der Waals surface area contributed by atoms with Gasteiger partial charge in [-0.05, 0) is 28.4 Å². The number of alkyl halides is 2. The fraction of sp³-hybridized carbons (Fsp3) is 0.455. The number of halogens is 4. The van der Waals surface area contributed by atoms with Crippen LogP contribution in [0.1, 0.15) is 12.8 Å². The van der Waals surface area contributed by atoms with Crippen molar-refractivity contribution in [2.45, 2.75) is 18.8 Å². The normalized spacial score (nSPS) is 18.4. The van der Waals surface area contributed by atoms with Crippen LogP contribution in [0.3, 0.4) is 0 Å². The highest BCUT2D eigenvalue weighted by atomic mass is 79.9. The summed E-state index contributed by atoms with van der Waals surface area (Å²) in [6.45, 7) is -0.305. The Hall–Kier alpha value is -1.31. The molecular weight excluding hydrogens is 329 g/mol. The monoisotopic (exact) mass is 338 g/mol. The maximum atomic E-state index is 13.4. The number of rotatable bonds is 2. The number of piperidine rings is 1. The summed E-state index contributed by atoms with van der Waals surface area (Å²) in [7, 11) is 0. The first-order valence-corrected chi connectivity index (χ1v) is 6.36. The van der Waals surface area contributed by atoms with Crippen LogP contribution in [-0.2, 0) is 0 Å². The lowest BCUT2D eigenvalue weighted by molar-refractivity contribution is -0.384. The van der Waals surface area contributed by atoms with Gasteiger partial charge in [0.2, 0.25) is 0 Å². The Balaban J connectivity index is 2.43. The van der Waals surface area contributed by atoms with Gasteiger partial charge >= 0.3 is 0 Å². The van der Waals surface area contributed by atoms with Crippen molar-refractivity contribution in [2.75, 3.05) is 18.0 Å². The Kier molecular flexibility index (Phi) is 3.71. The Labute approximate surface area is 115 Å². The molecule has 1 aromatic carbocycles. The van der Waals surface area contributed by atoms with Crippen LogP contribution in [0.25, 0.3) is 0 Å². The fourth-order valence-electron chi connectivity index (χ4n) is 2.10. The van der Waals surface area contributed by atoms with Gasteiger partial charge in [-0.1, -0.05) is 0 Å². The lowest BCUT2D eigenvalue weighted by Crippen LogP contribution is -2.42. The maximum absolute atomic E-state index is 13.4. The molecule has 0 unspecified atom stereocenters. The molecule has 0 N–H and O–H groups in total. The third-order valence-corrected chi connectivity index (χ3v) is 3.56. The molecule has 19 heavy (non-hydrogen) atoms. The number of nitro groups is 1. The average molecular weight is 339 g/mol. The number of nitro benzene ring substituents is 1. The zero-order valence-corrected chi connectivity index (χ0v) is 11.3.